The smallest absolute Gasteiger partial charge is 0.406 e. The second kappa shape index (κ2) is 6.31. The summed E-state index contributed by atoms with van der Waals surface area (Å²) >= 11 is 0. The van der Waals surface area contributed by atoms with Crippen molar-refractivity contribution >= 4 is 11.9 Å². The molecule has 116 valence electrons. The van der Waals surface area contributed by atoms with E-state index in [0.29, 0.717) is 18.7 Å². The van der Waals surface area contributed by atoms with E-state index in [1.165, 1.54) is 30.5 Å². The Morgan fingerprint density at radius 3 is 2.86 bits per heavy atom. The Hall–Kier alpha value is -1.80. The topological polar surface area (TPSA) is 77.4 Å². The van der Waals surface area contributed by atoms with Gasteiger partial charge in [-0.1, -0.05) is 6.07 Å². The number of rotatable bonds is 5. The van der Waals surface area contributed by atoms with E-state index in [1.807, 2.05) is 0 Å². The molecule has 1 unspecified atom stereocenters. The zero-order valence-corrected chi connectivity index (χ0v) is 11.0. The molecule has 0 aromatic heterocycles. The van der Waals surface area contributed by atoms with E-state index in [4.69, 9.17) is 5.41 Å². The number of nitrogens with one attached hydrogen (secondary N) is 3. The molecular weight excluding hydrogens is 287 g/mol. The Morgan fingerprint density at radius 2 is 2.24 bits per heavy atom. The highest BCUT2D eigenvalue weighted by Crippen LogP contribution is 2.26. The van der Waals surface area contributed by atoms with E-state index in [1.54, 1.807) is 0 Å². The minimum Gasteiger partial charge on any atom is -0.406 e. The molecule has 1 aliphatic rings. The average molecular weight is 303 g/mol. The minimum absolute atomic E-state index is 0.0614. The van der Waals surface area contributed by atoms with Gasteiger partial charge >= 0.3 is 6.36 Å². The minimum atomic E-state index is -4.75. The van der Waals surface area contributed by atoms with Gasteiger partial charge in [-0.05, 0) is 24.8 Å². The zero-order chi connectivity index (χ0) is 15.5. The second-order valence-electron chi connectivity index (χ2n) is 4.84. The number of benzene rings is 1. The van der Waals surface area contributed by atoms with Crippen molar-refractivity contribution in [3.05, 3.63) is 24.3 Å². The quantitative estimate of drug-likeness (QED) is 0.495. The average Bonchev–Trinajstić information content (AvgIpc) is 2.85. The largest absolute Gasteiger partial charge is 0.573 e. The molecule has 1 aromatic rings. The monoisotopic (exact) mass is 303 g/mol. The summed E-state index contributed by atoms with van der Waals surface area (Å²) < 4.78 is 40.2. The molecule has 0 radical (unpaired) electrons. The van der Waals surface area contributed by atoms with Gasteiger partial charge in [-0.15, -0.1) is 13.2 Å². The maximum Gasteiger partial charge on any atom is 0.573 e. The molecule has 0 saturated carbocycles. The number of anilines is 1. The summed E-state index contributed by atoms with van der Waals surface area (Å²) in [7, 11) is 0. The number of aliphatic hydroxyl groups excluding tert-OH is 1. The van der Waals surface area contributed by atoms with Gasteiger partial charge in [0, 0.05) is 24.2 Å². The predicted molar refractivity (Wildman–Crippen MR) is 71.4 cm³/mol. The molecule has 1 saturated heterocycles. The molecule has 8 heteroatoms. The summed E-state index contributed by atoms with van der Waals surface area (Å²) in [5.74, 6) is -0.289. The fourth-order valence-corrected chi connectivity index (χ4v) is 2.22. The third kappa shape index (κ3) is 4.61. The highest BCUT2D eigenvalue weighted by atomic mass is 19.4. The lowest BCUT2D eigenvalue weighted by molar-refractivity contribution is -0.274. The molecule has 1 aromatic carbocycles. The van der Waals surface area contributed by atoms with Crippen LogP contribution in [0.5, 0.6) is 5.75 Å². The summed E-state index contributed by atoms with van der Waals surface area (Å²) in [5, 5.41) is 23.0. The van der Waals surface area contributed by atoms with Crippen LogP contribution in [0.3, 0.4) is 0 Å². The van der Waals surface area contributed by atoms with Crippen molar-refractivity contribution in [3.63, 3.8) is 0 Å². The SMILES string of the molecule is N=C[C@H]1CN[C@H](C(O)Nc2cccc(OC(F)(F)F)c2)C1. The van der Waals surface area contributed by atoms with Gasteiger partial charge in [-0.3, -0.25) is 0 Å². The van der Waals surface area contributed by atoms with Crippen molar-refractivity contribution in [2.75, 3.05) is 11.9 Å². The summed E-state index contributed by atoms with van der Waals surface area (Å²) in [5.41, 5.74) is 0.323. The maximum absolute atomic E-state index is 12.1. The van der Waals surface area contributed by atoms with Crippen molar-refractivity contribution < 1.29 is 23.0 Å². The summed E-state index contributed by atoms with van der Waals surface area (Å²) in [4.78, 5) is 0. The molecule has 1 fully saturated rings. The maximum atomic E-state index is 12.1. The van der Waals surface area contributed by atoms with Crippen LogP contribution in [0.25, 0.3) is 0 Å². The van der Waals surface area contributed by atoms with Gasteiger partial charge in [0.1, 0.15) is 12.0 Å². The van der Waals surface area contributed by atoms with Crippen LogP contribution in [0, 0.1) is 11.3 Å². The first-order valence-electron chi connectivity index (χ1n) is 6.42. The van der Waals surface area contributed by atoms with Crippen molar-refractivity contribution in [2.24, 2.45) is 5.92 Å². The first-order valence-corrected chi connectivity index (χ1v) is 6.42. The van der Waals surface area contributed by atoms with Gasteiger partial charge in [0.15, 0.2) is 0 Å². The normalized spacial score (nSPS) is 23.6. The van der Waals surface area contributed by atoms with Crippen molar-refractivity contribution in [3.8, 4) is 5.75 Å². The molecule has 5 nitrogen and oxygen atoms in total. The molecule has 1 aliphatic heterocycles. The molecular formula is C13H16F3N3O2. The number of ether oxygens (including phenoxy) is 1. The number of aliphatic hydroxyl groups is 1. The fourth-order valence-electron chi connectivity index (χ4n) is 2.22. The molecule has 0 amide bonds. The van der Waals surface area contributed by atoms with E-state index in [2.05, 4.69) is 15.4 Å². The zero-order valence-electron chi connectivity index (χ0n) is 11.0. The van der Waals surface area contributed by atoms with Crippen LogP contribution in [0.15, 0.2) is 24.3 Å². The number of halogens is 3. The van der Waals surface area contributed by atoms with Gasteiger partial charge in [-0.2, -0.15) is 0 Å². The third-order valence-corrected chi connectivity index (χ3v) is 3.20. The Kier molecular flexibility index (Phi) is 4.69. The van der Waals surface area contributed by atoms with Crippen LogP contribution in [-0.2, 0) is 0 Å². The lowest BCUT2D eigenvalue weighted by Gasteiger charge is -2.21. The van der Waals surface area contributed by atoms with Crippen LogP contribution in [0.2, 0.25) is 0 Å². The standard InChI is InChI=1S/C13H16F3N3O2/c14-13(15,16)21-10-3-1-2-9(5-10)19-12(20)11-4-8(6-17)7-18-11/h1-3,5-6,8,11-12,17-20H,4,7H2/t8-,11-,12?/m0/s1. The number of hydrogen-bond acceptors (Lipinski definition) is 5. The first-order chi connectivity index (χ1) is 9.87. The Balaban J connectivity index is 1.96. The van der Waals surface area contributed by atoms with E-state index < -0.39 is 12.6 Å². The van der Waals surface area contributed by atoms with Gasteiger partial charge < -0.3 is 25.9 Å². The van der Waals surface area contributed by atoms with Gasteiger partial charge in [0.25, 0.3) is 0 Å². The summed E-state index contributed by atoms with van der Waals surface area (Å²) in [6.45, 7) is 0.601. The molecule has 0 bridgehead atoms. The molecule has 2 rings (SSSR count). The van der Waals surface area contributed by atoms with Crippen molar-refractivity contribution in [1.82, 2.24) is 5.32 Å². The van der Waals surface area contributed by atoms with Crippen LogP contribution in [0.4, 0.5) is 18.9 Å². The fraction of sp³-hybridized carbons (Fsp3) is 0.462. The highest BCUT2D eigenvalue weighted by molar-refractivity contribution is 5.58. The predicted octanol–water partition coefficient (Wildman–Crippen LogP) is 1.94. The summed E-state index contributed by atoms with van der Waals surface area (Å²) in [6.07, 6.45) is -3.80. The Morgan fingerprint density at radius 1 is 1.48 bits per heavy atom. The Bertz CT molecular complexity index is 496. The van der Waals surface area contributed by atoms with E-state index in [0.717, 1.165) is 0 Å². The van der Waals surface area contributed by atoms with Gasteiger partial charge in [0.05, 0.1) is 6.04 Å². The van der Waals surface area contributed by atoms with E-state index >= 15 is 0 Å². The number of hydrogen-bond donors (Lipinski definition) is 4. The van der Waals surface area contributed by atoms with Crippen LogP contribution < -0.4 is 15.4 Å². The third-order valence-electron chi connectivity index (χ3n) is 3.20. The Labute approximate surface area is 119 Å². The van der Waals surface area contributed by atoms with E-state index in [9.17, 15) is 18.3 Å². The molecule has 21 heavy (non-hydrogen) atoms. The lowest BCUT2D eigenvalue weighted by Crippen LogP contribution is -2.39. The van der Waals surface area contributed by atoms with Gasteiger partial charge in [-0.25, -0.2) is 0 Å². The van der Waals surface area contributed by atoms with Crippen LogP contribution in [-0.4, -0.2) is 36.5 Å². The molecule has 0 aliphatic carbocycles. The molecule has 3 atom stereocenters. The van der Waals surface area contributed by atoms with Crippen molar-refractivity contribution in [2.45, 2.75) is 25.1 Å². The lowest BCUT2D eigenvalue weighted by atomic mass is 10.1. The van der Waals surface area contributed by atoms with Gasteiger partial charge in [0.2, 0.25) is 0 Å². The van der Waals surface area contributed by atoms with Crippen LogP contribution in [0.1, 0.15) is 6.42 Å². The summed E-state index contributed by atoms with van der Waals surface area (Å²) in [6, 6.07) is 5.03. The highest BCUT2D eigenvalue weighted by Gasteiger charge is 2.31. The second-order valence-corrected chi connectivity index (χ2v) is 4.84. The number of alkyl halides is 3. The first kappa shape index (κ1) is 15.6. The molecule has 4 N–H and O–H groups in total. The van der Waals surface area contributed by atoms with E-state index in [-0.39, 0.29) is 17.7 Å². The molecule has 1 heterocycles. The molecule has 0 spiro atoms. The van der Waals surface area contributed by atoms with Crippen molar-refractivity contribution in [1.29, 1.82) is 5.41 Å². The van der Waals surface area contributed by atoms with Crippen LogP contribution >= 0.6 is 0 Å².